The molecule has 0 spiro atoms. The smallest absolute Gasteiger partial charge is 0.254 e. The summed E-state index contributed by atoms with van der Waals surface area (Å²) < 4.78 is 0. The molecule has 2 aliphatic heterocycles. The Labute approximate surface area is 142 Å². The maximum Gasteiger partial charge on any atom is 0.254 e. The molecular weight excluding hydrogens is 314 g/mol. The van der Waals surface area contributed by atoms with Crippen LogP contribution in [0.5, 0.6) is 0 Å². The third kappa shape index (κ3) is 3.78. The largest absolute Gasteiger partial charge is 0.393 e. The molecule has 0 aliphatic carbocycles. The van der Waals surface area contributed by atoms with Gasteiger partial charge in [0.15, 0.2) is 0 Å². The fraction of sp³-hybridized carbons (Fsp3) is 0.647. The Balaban J connectivity index is 1.78. The number of nitrogens with zero attached hydrogens (tertiary/aromatic N) is 3. The van der Waals surface area contributed by atoms with Crippen molar-refractivity contribution in [2.24, 2.45) is 5.92 Å². The van der Waals surface area contributed by atoms with Crippen LogP contribution in [0.2, 0.25) is 5.15 Å². The summed E-state index contributed by atoms with van der Waals surface area (Å²) >= 11 is 6.14. The van der Waals surface area contributed by atoms with Crippen molar-refractivity contribution in [3.8, 4) is 0 Å². The van der Waals surface area contributed by atoms with Crippen molar-refractivity contribution in [1.82, 2.24) is 9.88 Å². The molecule has 1 aromatic rings. The van der Waals surface area contributed by atoms with Crippen molar-refractivity contribution in [3.63, 3.8) is 0 Å². The number of rotatable bonds is 3. The number of hydrogen-bond acceptors (Lipinski definition) is 4. The predicted octanol–water partition coefficient (Wildman–Crippen LogP) is 2.57. The highest BCUT2D eigenvalue weighted by Crippen LogP contribution is 2.25. The lowest BCUT2D eigenvalue weighted by molar-refractivity contribution is 0.0466. The van der Waals surface area contributed by atoms with Crippen LogP contribution < -0.4 is 4.90 Å². The van der Waals surface area contributed by atoms with E-state index in [1.165, 1.54) is 0 Å². The highest BCUT2D eigenvalue weighted by molar-refractivity contribution is 6.29. The number of carbonyl (C=O) groups excluding carboxylic acids is 1. The van der Waals surface area contributed by atoms with Crippen LogP contribution in [0.1, 0.15) is 43.0 Å². The second-order valence-corrected chi connectivity index (χ2v) is 7.01. The average Bonchev–Trinajstić information content (AvgIpc) is 3.08. The molecular formula is C17H24ClN3O2. The van der Waals surface area contributed by atoms with Gasteiger partial charge in [-0.3, -0.25) is 4.79 Å². The van der Waals surface area contributed by atoms with Gasteiger partial charge in [0.25, 0.3) is 5.91 Å². The summed E-state index contributed by atoms with van der Waals surface area (Å²) in [7, 11) is 0. The van der Waals surface area contributed by atoms with E-state index in [0.29, 0.717) is 17.3 Å². The van der Waals surface area contributed by atoms with Gasteiger partial charge in [-0.2, -0.15) is 0 Å². The van der Waals surface area contributed by atoms with Gasteiger partial charge in [0.05, 0.1) is 6.10 Å². The lowest BCUT2D eigenvalue weighted by Gasteiger charge is -2.34. The molecule has 5 nitrogen and oxygen atoms in total. The number of aliphatic hydroxyl groups is 1. The van der Waals surface area contributed by atoms with Crippen LogP contribution in [0, 0.1) is 5.92 Å². The zero-order chi connectivity index (χ0) is 16.4. The van der Waals surface area contributed by atoms with E-state index in [0.717, 1.165) is 51.1 Å². The Bertz CT molecular complexity index is 573. The van der Waals surface area contributed by atoms with Gasteiger partial charge in [0.1, 0.15) is 11.0 Å². The number of pyridine rings is 1. The molecule has 3 rings (SSSR count). The number of halogens is 1. The fourth-order valence-corrected chi connectivity index (χ4v) is 3.69. The van der Waals surface area contributed by atoms with Crippen molar-refractivity contribution >= 4 is 23.3 Å². The van der Waals surface area contributed by atoms with Gasteiger partial charge < -0.3 is 14.9 Å². The highest BCUT2D eigenvalue weighted by Gasteiger charge is 2.28. The minimum atomic E-state index is -0.383. The maximum atomic E-state index is 12.8. The molecule has 1 N–H and O–H groups in total. The Hall–Kier alpha value is -1.33. The standard InChI is InChI=1S/C17H24ClN3O2/c1-12(22)13-5-4-8-21(11-13)17(23)14-9-15(18)19-16(10-14)20-6-2-3-7-20/h9-10,12-13,22H,2-8,11H2,1H3. The van der Waals surface area contributed by atoms with Crippen LogP contribution >= 0.6 is 11.6 Å². The van der Waals surface area contributed by atoms with E-state index in [1.54, 1.807) is 13.0 Å². The number of piperidine rings is 1. The topological polar surface area (TPSA) is 56.7 Å². The third-order valence-electron chi connectivity index (χ3n) is 4.88. The number of amides is 1. The van der Waals surface area contributed by atoms with Crippen LogP contribution in [-0.4, -0.2) is 53.2 Å². The summed E-state index contributed by atoms with van der Waals surface area (Å²) in [5, 5.41) is 10.2. The summed E-state index contributed by atoms with van der Waals surface area (Å²) in [6.45, 7) is 5.08. The quantitative estimate of drug-likeness (QED) is 0.861. The van der Waals surface area contributed by atoms with Crippen LogP contribution in [0.3, 0.4) is 0 Å². The molecule has 0 saturated carbocycles. The SMILES string of the molecule is CC(O)C1CCCN(C(=O)c2cc(Cl)nc(N3CCCC3)c2)C1. The summed E-state index contributed by atoms with van der Waals surface area (Å²) in [4.78, 5) is 21.2. The predicted molar refractivity (Wildman–Crippen MR) is 91.0 cm³/mol. The molecule has 3 heterocycles. The number of aliphatic hydroxyl groups excluding tert-OH is 1. The average molecular weight is 338 g/mol. The Morgan fingerprint density at radius 3 is 2.74 bits per heavy atom. The normalized spacial score (nSPS) is 23.2. The van der Waals surface area contributed by atoms with Gasteiger partial charge >= 0.3 is 0 Å². The first-order chi connectivity index (χ1) is 11.0. The van der Waals surface area contributed by atoms with Gasteiger partial charge in [-0.25, -0.2) is 4.98 Å². The zero-order valence-electron chi connectivity index (χ0n) is 13.5. The van der Waals surface area contributed by atoms with Crippen molar-refractivity contribution in [1.29, 1.82) is 0 Å². The second kappa shape index (κ2) is 7.05. The molecule has 2 atom stereocenters. The Morgan fingerprint density at radius 2 is 2.04 bits per heavy atom. The van der Waals surface area contributed by atoms with Crippen molar-refractivity contribution in [2.45, 2.75) is 38.7 Å². The molecule has 2 unspecified atom stereocenters. The molecule has 23 heavy (non-hydrogen) atoms. The molecule has 0 radical (unpaired) electrons. The van der Waals surface area contributed by atoms with E-state index in [1.807, 2.05) is 11.0 Å². The minimum absolute atomic E-state index is 0.0138. The van der Waals surface area contributed by atoms with Crippen molar-refractivity contribution < 1.29 is 9.90 Å². The highest BCUT2D eigenvalue weighted by atomic mass is 35.5. The number of aromatic nitrogens is 1. The number of anilines is 1. The van der Waals surface area contributed by atoms with Gasteiger partial charge in [-0.15, -0.1) is 0 Å². The molecule has 6 heteroatoms. The summed E-state index contributed by atoms with van der Waals surface area (Å²) in [6.07, 6.45) is 3.82. The lowest BCUT2D eigenvalue weighted by atomic mass is 9.93. The summed E-state index contributed by atoms with van der Waals surface area (Å²) in [5.41, 5.74) is 0.596. The van der Waals surface area contributed by atoms with Gasteiger partial charge in [0, 0.05) is 37.7 Å². The monoisotopic (exact) mass is 337 g/mol. The van der Waals surface area contributed by atoms with Crippen molar-refractivity contribution in [3.05, 3.63) is 22.8 Å². The van der Waals surface area contributed by atoms with E-state index < -0.39 is 0 Å². The maximum absolute atomic E-state index is 12.8. The molecule has 2 aliphatic rings. The molecule has 0 aromatic carbocycles. The molecule has 2 fully saturated rings. The fourth-order valence-electron chi connectivity index (χ4n) is 3.49. The zero-order valence-corrected chi connectivity index (χ0v) is 14.3. The molecule has 126 valence electrons. The first-order valence-electron chi connectivity index (χ1n) is 8.44. The molecule has 2 saturated heterocycles. The first kappa shape index (κ1) is 16.5. The lowest BCUT2D eigenvalue weighted by Crippen LogP contribution is -2.43. The minimum Gasteiger partial charge on any atom is -0.393 e. The van der Waals surface area contributed by atoms with Gasteiger partial charge in [-0.1, -0.05) is 11.6 Å². The van der Waals surface area contributed by atoms with Crippen LogP contribution in [0.4, 0.5) is 5.82 Å². The number of likely N-dealkylation sites (tertiary alicyclic amines) is 1. The third-order valence-corrected chi connectivity index (χ3v) is 5.08. The van der Waals surface area contributed by atoms with E-state index >= 15 is 0 Å². The van der Waals surface area contributed by atoms with Gasteiger partial charge in [0.2, 0.25) is 0 Å². The summed E-state index contributed by atoms with van der Waals surface area (Å²) in [6, 6.07) is 3.50. The van der Waals surface area contributed by atoms with E-state index in [4.69, 9.17) is 11.6 Å². The van der Waals surface area contributed by atoms with Crippen molar-refractivity contribution in [2.75, 3.05) is 31.1 Å². The molecule has 0 bridgehead atoms. The Kier molecular flexibility index (Phi) is 5.07. The van der Waals surface area contributed by atoms with E-state index in [-0.39, 0.29) is 17.9 Å². The molecule has 1 amide bonds. The number of carbonyl (C=O) groups is 1. The second-order valence-electron chi connectivity index (χ2n) is 6.62. The molecule has 1 aromatic heterocycles. The van der Waals surface area contributed by atoms with E-state index in [2.05, 4.69) is 9.88 Å². The first-order valence-corrected chi connectivity index (χ1v) is 8.82. The van der Waals surface area contributed by atoms with Crippen LogP contribution in [-0.2, 0) is 0 Å². The van der Waals surface area contributed by atoms with Gasteiger partial charge in [-0.05, 0) is 44.7 Å². The van der Waals surface area contributed by atoms with Crippen LogP contribution in [0.15, 0.2) is 12.1 Å². The number of hydrogen-bond donors (Lipinski definition) is 1. The van der Waals surface area contributed by atoms with Crippen LogP contribution in [0.25, 0.3) is 0 Å². The Morgan fingerprint density at radius 1 is 1.30 bits per heavy atom. The summed E-state index contributed by atoms with van der Waals surface area (Å²) in [5.74, 6) is 0.936. The van der Waals surface area contributed by atoms with E-state index in [9.17, 15) is 9.90 Å².